The molecule has 1 aliphatic heterocycles. The Labute approximate surface area is 123 Å². The first-order chi connectivity index (χ1) is 9.66. The molecule has 0 radical (unpaired) electrons. The number of likely N-dealkylation sites (tertiary alicyclic amines) is 1. The molecule has 1 aromatic rings. The number of aliphatic imine (C=N–C) groups is 1. The predicted molar refractivity (Wildman–Crippen MR) is 84.1 cm³/mol. The third kappa shape index (κ3) is 4.34. The van der Waals surface area contributed by atoms with E-state index in [0.29, 0.717) is 12.5 Å². The molecule has 1 aliphatic rings. The molecule has 0 saturated carbocycles. The first-order valence-corrected chi connectivity index (χ1v) is 8.70. The molecular formula is C15H23N3OS. The number of nitrogens with zero attached hydrogens (tertiary/aromatic N) is 2. The van der Waals surface area contributed by atoms with Gasteiger partial charge in [-0.1, -0.05) is 25.0 Å². The highest BCUT2D eigenvalue weighted by Gasteiger charge is 2.10. The molecule has 110 valence electrons. The quantitative estimate of drug-likeness (QED) is 0.686. The summed E-state index contributed by atoms with van der Waals surface area (Å²) in [7, 11) is -0.924. The number of guanidine groups is 1. The largest absolute Gasteiger partial charge is 0.370 e. The molecule has 1 saturated heterocycles. The first kappa shape index (κ1) is 15.0. The van der Waals surface area contributed by atoms with Crippen molar-refractivity contribution >= 4 is 16.8 Å². The van der Waals surface area contributed by atoms with Gasteiger partial charge in [0.1, 0.15) is 0 Å². The fraction of sp³-hybridized carbons (Fsp3) is 0.533. The maximum absolute atomic E-state index is 11.3. The van der Waals surface area contributed by atoms with Crippen LogP contribution in [0.1, 0.15) is 31.2 Å². The second-order valence-electron chi connectivity index (χ2n) is 5.17. The summed E-state index contributed by atoms with van der Waals surface area (Å²) in [4.78, 5) is 7.51. The van der Waals surface area contributed by atoms with E-state index in [4.69, 9.17) is 5.73 Å². The smallest absolute Gasteiger partial charge is 0.191 e. The minimum atomic E-state index is -0.924. The van der Waals surface area contributed by atoms with E-state index in [1.165, 1.54) is 25.7 Å². The lowest BCUT2D eigenvalue weighted by molar-refractivity contribution is 0.428. The van der Waals surface area contributed by atoms with Gasteiger partial charge in [0.05, 0.1) is 6.54 Å². The topological polar surface area (TPSA) is 58.7 Å². The van der Waals surface area contributed by atoms with Crippen LogP contribution in [0.3, 0.4) is 0 Å². The number of nitrogens with two attached hydrogens (primary N) is 1. The fourth-order valence-electron chi connectivity index (χ4n) is 2.36. The molecule has 2 rings (SSSR count). The van der Waals surface area contributed by atoms with Gasteiger partial charge in [0.25, 0.3) is 0 Å². The Balaban J connectivity index is 1.95. The van der Waals surface area contributed by atoms with Gasteiger partial charge in [0.15, 0.2) is 5.96 Å². The van der Waals surface area contributed by atoms with Crippen LogP contribution in [-0.2, 0) is 17.3 Å². The van der Waals surface area contributed by atoms with Crippen molar-refractivity contribution in [2.75, 3.05) is 19.3 Å². The highest BCUT2D eigenvalue weighted by atomic mass is 32.2. The molecule has 0 aromatic heterocycles. The Kier molecular flexibility index (Phi) is 5.59. The van der Waals surface area contributed by atoms with Crippen LogP contribution in [0.2, 0.25) is 0 Å². The molecule has 2 N–H and O–H groups in total. The maximum atomic E-state index is 11.3. The number of hydrogen-bond donors (Lipinski definition) is 1. The Hall–Kier alpha value is -1.36. The van der Waals surface area contributed by atoms with Gasteiger partial charge in [-0.05, 0) is 30.5 Å². The maximum Gasteiger partial charge on any atom is 0.191 e. The lowest BCUT2D eigenvalue weighted by atomic mass is 10.2. The molecule has 0 aliphatic carbocycles. The molecule has 1 heterocycles. The lowest BCUT2D eigenvalue weighted by Gasteiger charge is -2.21. The fourth-order valence-corrected chi connectivity index (χ4v) is 2.88. The zero-order chi connectivity index (χ0) is 14.4. The van der Waals surface area contributed by atoms with E-state index < -0.39 is 10.8 Å². The molecule has 0 amide bonds. The molecule has 1 aromatic carbocycles. The summed E-state index contributed by atoms with van der Waals surface area (Å²) in [6.07, 6.45) is 6.67. The Morgan fingerprint density at radius 2 is 1.80 bits per heavy atom. The van der Waals surface area contributed by atoms with E-state index in [1.807, 2.05) is 24.3 Å². The molecule has 1 fully saturated rings. The molecule has 0 spiro atoms. The van der Waals surface area contributed by atoms with Gasteiger partial charge in [-0.15, -0.1) is 0 Å². The summed E-state index contributed by atoms with van der Waals surface area (Å²) < 4.78 is 11.3. The van der Waals surface area contributed by atoms with E-state index in [0.717, 1.165) is 23.5 Å². The van der Waals surface area contributed by atoms with Crippen LogP contribution in [0.5, 0.6) is 0 Å². The van der Waals surface area contributed by atoms with Crippen molar-refractivity contribution in [2.45, 2.75) is 37.1 Å². The minimum absolute atomic E-state index is 0.582. The second-order valence-corrected chi connectivity index (χ2v) is 6.55. The summed E-state index contributed by atoms with van der Waals surface area (Å²) in [6.45, 7) is 2.62. The molecule has 5 heteroatoms. The third-order valence-corrected chi connectivity index (χ3v) is 4.54. The zero-order valence-corrected chi connectivity index (χ0v) is 12.9. The van der Waals surface area contributed by atoms with Crippen LogP contribution in [0.4, 0.5) is 0 Å². The summed E-state index contributed by atoms with van der Waals surface area (Å²) in [5.41, 5.74) is 7.17. The molecule has 0 bridgehead atoms. The van der Waals surface area contributed by atoms with Crippen LogP contribution < -0.4 is 5.73 Å². The summed E-state index contributed by atoms with van der Waals surface area (Å²) in [5, 5.41) is 0. The Morgan fingerprint density at radius 1 is 1.20 bits per heavy atom. The average molecular weight is 293 g/mol. The van der Waals surface area contributed by atoms with Crippen LogP contribution in [0, 0.1) is 0 Å². The zero-order valence-electron chi connectivity index (χ0n) is 12.0. The van der Waals surface area contributed by atoms with Crippen LogP contribution in [-0.4, -0.2) is 34.4 Å². The van der Waals surface area contributed by atoms with E-state index >= 15 is 0 Å². The highest BCUT2D eigenvalue weighted by molar-refractivity contribution is 7.84. The normalized spacial score (nSPS) is 18.6. The van der Waals surface area contributed by atoms with Crippen molar-refractivity contribution in [1.82, 2.24) is 4.90 Å². The molecule has 1 atom stereocenters. The third-order valence-electron chi connectivity index (χ3n) is 3.61. The van der Waals surface area contributed by atoms with Crippen LogP contribution in [0.15, 0.2) is 34.2 Å². The summed E-state index contributed by atoms with van der Waals surface area (Å²) in [5.74, 6) is 0.648. The number of hydrogen-bond acceptors (Lipinski definition) is 2. The number of rotatable bonds is 3. The van der Waals surface area contributed by atoms with Gasteiger partial charge in [0, 0.05) is 35.0 Å². The molecule has 4 nitrogen and oxygen atoms in total. The monoisotopic (exact) mass is 293 g/mol. The summed E-state index contributed by atoms with van der Waals surface area (Å²) >= 11 is 0. The molecule has 20 heavy (non-hydrogen) atoms. The second kappa shape index (κ2) is 7.43. The molecule has 0 unspecified atom stereocenters. The van der Waals surface area contributed by atoms with Crippen molar-refractivity contribution in [3.63, 3.8) is 0 Å². The van der Waals surface area contributed by atoms with E-state index in [-0.39, 0.29) is 0 Å². The lowest BCUT2D eigenvalue weighted by Crippen LogP contribution is -2.38. The summed E-state index contributed by atoms with van der Waals surface area (Å²) in [6, 6.07) is 7.72. The van der Waals surface area contributed by atoms with Gasteiger partial charge >= 0.3 is 0 Å². The Bertz CT molecular complexity index is 476. The van der Waals surface area contributed by atoms with E-state index in [2.05, 4.69) is 9.89 Å². The standard InChI is InChI=1S/C15H23N3OS/c1-20(19)14-8-6-13(7-9-14)12-17-15(16)18-10-4-2-3-5-11-18/h6-9H,2-5,10-12H2,1H3,(H2,16,17)/t20-/m0/s1. The van der Waals surface area contributed by atoms with Gasteiger partial charge in [0.2, 0.25) is 0 Å². The van der Waals surface area contributed by atoms with Crippen molar-refractivity contribution in [2.24, 2.45) is 10.7 Å². The Morgan fingerprint density at radius 3 is 2.35 bits per heavy atom. The first-order valence-electron chi connectivity index (χ1n) is 7.14. The minimum Gasteiger partial charge on any atom is -0.370 e. The van der Waals surface area contributed by atoms with Gasteiger partial charge in [-0.2, -0.15) is 0 Å². The van der Waals surface area contributed by atoms with Crippen molar-refractivity contribution in [1.29, 1.82) is 0 Å². The van der Waals surface area contributed by atoms with Crippen LogP contribution >= 0.6 is 0 Å². The number of benzene rings is 1. The van der Waals surface area contributed by atoms with E-state index in [9.17, 15) is 4.21 Å². The van der Waals surface area contributed by atoms with Crippen molar-refractivity contribution < 1.29 is 4.21 Å². The van der Waals surface area contributed by atoms with Crippen molar-refractivity contribution in [3.05, 3.63) is 29.8 Å². The van der Waals surface area contributed by atoms with E-state index in [1.54, 1.807) is 6.26 Å². The van der Waals surface area contributed by atoms with Crippen molar-refractivity contribution in [3.8, 4) is 0 Å². The molecular weight excluding hydrogens is 270 g/mol. The van der Waals surface area contributed by atoms with Gasteiger partial charge in [-0.3, -0.25) is 4.21 Å². The van der Waals surface area contributed by atoms with Crippen LogP contribution in [0.25, 0.3) is 0 Å². The SMILES string of the molecule is C[S@](=O)c1ccc(CN=C(N)N2CCCCCC2)cc1. The average Bonchev–Trinajstić information content (AvgIpc) is 2.74. The van der Waals surface area contributed by atoms with Gasteiger partial charge < -0.3 is 10.6 Å². The highest BCUT2D eigenvalue weighted by Crippen LogP contribution is 2.11. The van der Waals surface area contributed by atoms with Gasteiger partial charge in [-0.25, -0.2) is 4.99 Å². The predicted octanol–water partition coefficient (Wildman–Crippen LogP) is 2.11.